The first-order valence-electron chi connectivity index (χ1n) is 12.0. The number of hydrogen-bond donors (Lipinski definition) is 5. The summed E-state index contributed by atoms with van der Waals surface area (Å²) >= 11 is 0. The molecule has 4 bridgehead atoms. The van der Waals surface area contributed by atoms with Crippen LogP contribution in [-0.4, -0.2) is 80.5 Å². The predicted octanol–water partition coefficient (Wildman–Crippen LogP) is 0.0721. The highest BCUT2D eigenvalue weighted by molar-refractivity contribution is 5.04. The molecule has 4 heterocycles. The zero-order chi connectivity index (χ0) is 19.6. The lowest BCUT2D eigenvalue weighted by Crippen LogP contribution is -2.68. The average molecular weight is 409 g/mol. The van der Waals surface area contributed by atoms with Gasteiger partial charge in [-0.15, -0.1) is 0 Å². The molecule has 29 heavy (non-hydrogen) atoms. The van der Waals surface area contributed by atoms with Gasteiger partial charge >= 0.3 is 0 Å². The zero-order valence-corrected chi connectivity index (χ0v) is 17.9. The van der Waals surface area contributed by atoms with Gasteiger partial charge in [-0.25, -0.2) is 0 Å². The first-order chi connectivity index (χ1) is 14.3. The molecule has 0 spiro atoms. The highest BCUT2D eigenvalue weighted by atomic mass is 16.5. The van der Waals surface area contributed by atoms with Gasteiger partial charge in [0.05, 0.1) is 37.9 Å². The van der Waals surface area contributed by atoms with Crippen molar-refractivity contribution in [2.24, 2.45) is 5.92 Å². The fourth-order valence-corrected chi connectivity index (χ4v) is 6.17. The average Bonchev–Trinajstić information content (AvgIpc) is 3.39. The van der Waals surface area contributed by atoms with Crippen LogP contribution in [-0.2, 0) is 9.47 Å². The molecule has 5 N–H and O–H groups in total. The molecule has 0 aromatic heterocycles. The molecule has 5 aliphatic rings. The summed E-state index contributed by atoms with van der Waals surface area (Å²) in [6, 6.07) is 1.45. The SMILES string of the molecule is C[C@@H]1CCNCOCC2NC(CC(N3CCCC3)N2)C2NNC3CCC(CC32)O1. The van der Waals surface area contributed by atoms with Crippen LogP contribution >= 0.6 is 0 Å². The Kier molecular flexibility index (Phi) is 6.70. The monoisotopic (exact) mass is 408 g/mol. The third kappa shape index (κ3) is 4.80. The van der Waals surface area contributed by atoms with E-state index >= 15 is 0 Å². The summed E-state index contributed by atoms with van der Waals surface area (Å²) < 4.78 is 12.4. The van der Waals surface area contributed by atoms with Crippen LogP contribution in [0.2, 0.25) is 0 Å². The summed E-state index contributed by atoms with van der Waals surface area (Å²) in [5.41, 5.74) is 7.32. The van der Waals surface area contributed by atoms with E-state index in [2.05, 4.69) is 38.6 Å². The fourth-order valence-electron chi connectivity index (χ4n) is 6.17. The third-order valence-corrected chi connectivity index (χ3v) is 7.69. The quantitative estimate of drug-likeness (QED) is 0.417. The summed E-state index contributed by atoms with van der Waals surface area (Å²) in [5.74, 6) is 0.626. The molecule has 8 nitrogen and oxygen atoms in total. The highest BCUT2D eigenvalue weighted by Crippen LogP contribution is 2.35. The first kappa shape index (κ1) is 20.6. The van der Waals surface area contributed by atoms with E-state index < -0.39 is 0 Å². The van der Waals surface area contributed by atoms with Crippen molar-refractivity contribution in [3.8, 4) is 0 Å². The molecule has 166 valence electrons. The smallest absolute Gasteiger partial charge is 0.0966 e. The van der Waals surface area contributed by atoms with Crippen molar-refractivity contribution in [2.75, 3.05) is 33.0 Å². The Hall–Kier alpha value is -0.320. The first-order valence-corrected chi connectivity index (χ1v) is 12.0. The molecule has 5 rings (SSSR count). The van der Waals surface area contributed by atoms with E-state index in [1.54, 1.807) is 0 Å². The highest BCUT2D eigenvalue weighted by Gasteiger charge is 2.46. The number of fused-ring (bicyclic) bond motifs is 4. The van der Waals surface area contributed by atoms with Crippen LogP contribution < -0.4 is 26.8 Å². The molecular formula is C21H40N6O2. The van der Waals surface area contributed by atoms with Crippen molar-refractivity contribution >= 4 is 0 Å². The van der Waals surface area contributed by atoms with Gasteiger partial charge in [0.15, 0.2) is 0 Å². The number of nitrogens with zero attached hydrogens (tertiary/aromatic N) is 1. The number of nitrogens with one attached hydrogen (secondary N) is 5. The summed E-state index contributed by atoms with van der Waals surface area (Å²) in [7, 11) is 0. The number of hydrazine groups is 1. The van der Waals surface area contributed by atoms with Crippen LogP contribution in [0.3, 0.4) is 0 Å². The molecule has 4 aliphatic heterocycles. The van der Waals surface area contributed by atoms with Gasteiger partial charge < -0.3 is 9.47 Å². The minimum absolute atomic E-state index is 0.196. The van der Waals surface area contributed by atoms with Crippen molar-refractivity contribution in [2.45, 2.75) is 94.5 Å². The van der Waals surface area contributed by atoms with E-state index in [9.17, 15) is 0 Å². The second-order valence-electron chi connectivity index (χ2n) is 9.76. The predicted molar refractivity (Wildman–Crippen MR) is 112 cm³/mol. The Balaban J connectivity index is 1.33. The van der Waals surface area contributed by atoms with E-state index in [-0.39, 0.29) is 6.17 Å². The van der Waals surface area contributed by atoms with Crippen LogP contribution in [0.15, 0.2) is 0 Å². The number of rotatable bonds is 1. The summed E-state index contributed by atoms with van der Waals surface area (Å²) in [5, 5.41) is 11.1. The van der Waals surface area contributed by atoms with E-state index in [1.807, 2.05) is 0 Å². The molecular weight excluding hydrogens is 368 g/mol. The molecule has 1 saturated carbocycles. The molecule has 0 radical (unpaired) electrons. The van der Waals surface area contributed by atoms with Gasteiger partial charge in [-0.2, -0.15) is 0 Å². The van der Waals surface area contributed by atoms with Crippen molar-refractivity contribution in [3.63, 3.8) is 0 Å². The Labute approximate surface area is 175 Å². The lowest BCUT2D eigenvalue weighted by Gasteiger charge is -2.45. The van der Waals surface area contributed by atoms with Crippen LogP contribution in [0.5, 0.6) is 0 Å². The molecule has 0 aromatic rings. The summed E-state index contributed by atoms with van der Waals surface area (Å²) in [6.07, 6.45) is 9.69. The fraction of sp³-hybridized carbons (Fsp3) is 1.00. The largest absolute Gasteiger partial charge is 0.375 e. The van der Waals surface area contributed by atoms with Crippen LogP contribution in [0.25, 0.3) is 0 Å². The van der Waals surface area contributed by atoms with E-state index in [4.69, 9.17) is 9.47 Å². The molecule has 0 aromatic carbocycles. The van der Waals surface area contributed by atoms with Crippen molar-refractivity contribution in [1.29, 1.82) is 0 Å². The number of likely N-dealkylation sites (tertiary alicyclic amines) is 1. The minimum Gasteiger partial charge on any atom is -0.375 e. The summed E-state index contributed by atoms with van der Waals surface area (Å²) in [6.45, 7) is 6.88. The van der Waals surface area contributed by atoms with Crippen LogP contribution in [0.1, 0.15) is 51.9 Å². The minimum atomic E-state index is 0.196. The normalized spacial score (nSPS) is 47.5. The molecule has 1 aliphatic carbocycles. The Bertz CT molecular complexity index is 533. The second-order valence-corrected chi connectivity index (χ2v) is 9.76. The Morgan fingerprint density at radius 1 is 0.931 bits per heavy atom. The van der Waals surface area contributed by atoms with Crippen LogP contribution in [0, 0.1) is 5.92 Å². The molecule has 4 saturated heterocycles. The van der Waals surface area contributed by atoms with Gasteiger partial charge in [-0.3, -0.25) is 31.7 Å². The standard InChI is InChI=1S/C21H40N6O2/c1-14-6-7-22-13-28-12-19-23-18(11-20(24-19)27-8-2-3-9-27)21-16-10-15(29-14)4-5-17(16)25-26-21/h14-26H,2-13H2,1H3/t14-,15?,16?,17?,18?,19?,20?,21?/m1/s1. The van der Waals surface area contributed by atoms with Crippen molar-refractivity contribution < 1.29 is 9.47 Å². The van der Waals surface area contributed by atoms with Crippen molar-refractivity contribution in [1.82, 2.24) is 31.7 Å². The Morgan fingerprint density at radius 2 is 1.83 bits per heavy atom. The van der Waals surface area contributed by atoms with Gasteiger partial charge in [-0.1, -0.05) is 0 Å². The maximum absolute atomic E-state index is 6.45. The van der Waals surface area contributed by atoms with Crippen LogP contribution in [0.4, 0.5) is 0 Å². The molecule has 8 heteroatoms. The van der Waals surface area contributed by atoms with Gasteiger partial charge in [0.2, 0.25) is 0 Å². The topological polar surface area (TPSA) is 81.9 Å². The number of hydrogen-bond acceptors (Lipinski definition) is 8. The molecule has 0 amide bonds. The lowest BCUT2D eigenvalue weighted by atomic mass is 9.77. The summed E-state index contributed by atoms with van der Waals surface area (Å²) in [4.78, 5) is 2.64. The maximum Gasteiger partial charge on any atom is 0.0966 e. The van der Waals surface area contributed by atoms with Gasteiger partial charge in [0, 0.05) is 18.1 Å². The van der Waals surface area contributed by atoms with E-state index in [1.165, 1.54) is 38.8 Å². The zero-order valence-electron chi connectivity index (χ0n) is 17.9. The van der Waals surface area contributed by atoms with E-state index in [0.717, 1.165) is 25.8 Å². The van der Waals surface area contributed by atoms with Gasteiger partial charge in [-0.05, 0) is 77.4 Å². The third-order valence-electron chi connectivity index (χ3n) is 7.69. The molecule has 5 fully saturated rings. The Morgan fingerprint density at radius 3 is 2.72 bits per heavy atom. The lowest BCUT2D eigenvalue weighted by molar-refractivity contribution is -0.0399. The molecule has 7 unspecified atom stereocenters. The van der Waals surface area contributed by atoms with Crippen molar-refractivity contribution in [3.05, 3.63) is 0 Å². The van der Waals surface area contributed by atoms with Gasteiger partial charge in [0.25, 0.3) is 0 Å². The van der Waals surface area contributed by atoms with Gasteiger partial charge in [0.1, 0.15) is 0 Å². The maximum atomic E-state index is 6.45. The second kappa shape index (κ2) is 9.44. The van der Waals surface area contributed by atoms with E-state index in [0.29, 0.717) is 55.8 Å². The number of ether oxygens (including phenoxy) is 2. The molecule has 8 atom stereocenters.